The second-order valence-electron chi connectivity index (χ2n) is 9.73. The van der Waals surface area contributed by atoms with Gasteiger partial charge in [0.2, 0.25) is 0 Å². The number of benzene rings is 2. The third kappa shape index (κ3) is 5.73. The maximum Gasteiger partial charge on any atom is 0.416 e. The number of rotatable bonds is 7. The number of carbonyl (C=O) groups is 1. The first kappa shape index (κ1) is 28.1. The summed E-state index contributed by atoms with van der Waals surface area (Å²) in [7, 11) is 0. The Morgan fingerprint density at radius 2 is 1.83 bits per heavy atom. The highest BCUT2D eigenvalue weighted by molar-refractivity contribution is 7.15. The molecule has 1 aliphatic carbocycles. The fourth-order valence-corrected chi connectivity index (χ4v) is 6.51. The molecule has 1 amide bonds. The topological polar surface area (TPSA) is 102 Å². The van der Waals surface area contributed by atoms with Crippen LogP contribution < -0.4 is 10.7 Å². The Kier molecular flexibility index (Phi) is 7.68. The number of anilines is 2. The molecule has 0 atom stereocenters. The van der Waals surface area contributed by atoms with Crippen LogP contribution in [0.2, 0.25) is 0 Å². The Labute approximate surface area is 237 Å². The summed E-state index contributed by atoms with van der Waals surface area (Å²) in [5, 5.41) is 19.3. The highest BCUT2D eigenvalue weighted by Gasteiger charge is 2.33. The quantitative estimate of drug-likeness (QED) is 0.133. The summed E-state index contributed by atoms with van der Waals surface area (Å²) in [6.07, 6.45) is 0.565. The number of aryl methyl sites for hydroxylation is 2. The Bertz CT molecular complexity index is 1660. The van der Waals surface area contributed by atoms with Crippen molar-refractivity contribution >= 4 is 40.5 Å². The van der Waals surface area contributed by atoms with Crippen LogP contribution in [0, 0.1) is 24.0 Å². The van der Waals surface area contributed by atoms with Crippen LogP contribution in [0.15, 0.2) is 59.7 Å². The molecule has 0 saturated heterocycles. The molecule has 0 spiro atoms. The standard InChI is InChI=1S/C29H26F3N5O3S/c1-17-14-19(16-33-35-23-13-12-20(29(30,31)32)15-24(23)37(39)40)18(2)36(17)28-26(22-10-6-7-11-25(22)41-28)27(38)34-21-8-4-3-5-9-21/h3-5,8-9,12-16,35H,6-7,10-11H2,1-2H3,(H,34,38)/b33-16-. The summed E-state index contributed by atoms with van der Waals surface area (Å²) in [5.41, 5.74) is 5.25. The van der Waals surface area contributed by atoms with Gasteiger partial charge in [-0.05, 0) is 75.4 Å². The molecular formula is C29H26F3N5O3S. The van der Waals surface area contributed by atoms with E-state index in [0.29, 0.717) is 22.9 Å². The summed E-state index contributed by atoms with van der Waals surface area (Å²) >= 11 is 1.60. The first-order chi connectivity index (χ1) is 19.5. The maximum absolute atomic E-state index is 13.6. The fourth-order valence-electron chi connectivity index (χ4n) is 5.01. The number of nitrogens with zero attached hydrogens (tertiary/aromatic N) is 3. The SMILES string of the molecule is Cc1cc(/C=N\Nc2ccc(C(F)(F)F)cc2[N+](=O)[O-])c(C)n1-c1sc2c(c1C(=O)Nc1ccccc1)CCCC2. The van der Waals surface area contributed by atoms with Crippen LogP contribution in [-0.4, -0.2) is 21.6 Å². The molecule has 4 aromatic rings. The predicted molar refractivity (Wildman–Crippen MR) is 153 cm³/mol. The molecule has 2 aromatic heterocycles. The molecule has 8 nitrogen and oxygen atoms in total. The van der Waals surface area contributed by atoms with Crippen LogP contribution in [0.25, 0.3) is 5.00 Å². The van der Waals surface area contributed by atoms with E-state index in [-0.39, 0.29) is 11.6 Å². The zero-order chi connectivity index (χ0) is 29.3. The average molecular weight is 582 g/mol. The van der Waals surface area contributed by atoms with Gasteiger partial charge in [0.05, 0.1) is 22.3 Å². The van der Waals surface area contributed by atoms with Gasteiger partial charge in [0.1, 0.15) is 10.7 Å². The van der Waals surface area contributed by atoms with E-state index in [1.807, 2.05) is 54.8 Å². The molecule has 12 heteroatoms. The third-order valence-electron chi connectivity index (χ3n) is 7.00. The van der Waals surface area contributed by atoms with E-state index >= 15 is 0 Å². The zero-order valence-electron chi connectivity index (χ0n) is 22.2. The predicted octanol–water partition coefficient (Wildman–Crippen LogP) is 7.66. The highest BCUT2D eigenvalue weighted by Crippen LogP contribution is 2.39. The monoisotopic (exact) mass is 581 g/mol. The molecule has 0 radical (unpaired) electrons. The van der Waals surface area contributed by atoms with Crippen molar-refractivity contribution in [2.24, 2.45) is 5.10 Å². The smallest absolute Gasteiger partial charge is 0.322 e. The van der Waals surface area contributed by atoms with Crippen LogP contribution >= 0.6 is 11.3 Å². The Balaban J connectivity index is 1.47. The van der Waals surface area contributed by atoms with Crippen molar-refractivity contribution in [1.82, 2.24) is 4.57 Å². The number of nitro benzene ring substituents is 1. The summed E-state index contributed by atoms with van der Waals surface area (Å²) in [6.45, 7) is 3.79. The molecule has 1 aliphatic rings. The lowest BCUT2D eigenvalue weighted by molar-refractivity contribution is -0.384. The van der Waals surface area contributed by atoms with Crippen molar-refractivity contribution in [3.63, 3.8) is 0 Å². The fraction of sp³-hybridized carbons (Fsp3) is 0.241. The van der Waals surface area contributed by atoms with Crippen molar-refractivity contribution in [1.29, 1.82) is 0 Å². The number of hydrogen-bond acceptors (Lipinski definition) is 6. The van der Waals surface area contributed by atoms with E-state index in [1.54, 1.807) is 11.3 Å². The van der Waals surface area contributed by atoms with Crippen LogP contribution in [0.3, 0.4) is 0 Å². The number of alkyl halides is 3. The first-order valence-electron chi connectivity index (χ1n) is 12.9. The summed E-state index contributed by atoms with van der Waals surface area (Å²) < 4.78 is 41.1. The molecular weight excluding hydrogens is 555 g/mol. The number of aromatic nitrogens is 1. The largest absolute Gasteiger partial charge is 0.416 e. The number of nitrogens with one attached hydrogen (secondary N) is 2. The van der Waals surface area contributed by atoms with Crippen LogP contribution in [0.5, 0.6) is 0 Å². The molecule has 2 N–H and O–H groups in total. The number of halogens is 3. The van der Waals surface area contributed by atoms with E-state index in [1.165, 1.54) is 11.1 Å². The number of hydrazone groups is 1. The number of fused-ring (bicyclic) bond motifs is 1. The normalized spacial score (nSPS) is 13.3. The number of amides is 1. The average Bonchev–Trinajstić information content (AvgIpc) is 3.44. The number of nitro groups is 1. The minimum atomic E-state index is -4.71. The van der Waals surface area contributed by atoms with Gasteiger partial charge < -0.3 is 9.88 Å². The Hall–Kier alpha value is -4.45. The van der Waals surface area contributed by atoms with Gasteiger partial charge >= 0.3 is 6.18 Å². The lowest BCUT2D eigenvalue weighted by Crippen LogP contribution is -2.17. The molecule has 0 bridgehead atoms. The summed E-state index contributed by atoms with van der Waals surface area (Å²) in [5.74, 6) is -0.176. The van der Waals surface area contributed by atoms with Crippen molar-refractivity contribution < 1.29 is 22.9 Å². The van der Waals surface area contributed by atoms with E-state index in [9.17, 15) is 28.1 Å². The van der Waals surface area contributed by atoms with Crippen molar-refractivity contribution in [3.05, 3.63) is 103 Å². The molecule has 5 rings (SSSR count). The molecule has 2 heterocycles. The van der Waals surface area contributed by atoms with Crippen molar-refractivity contribution in [2.75, 3.05) is 10.7 Å². The number of carbonyl (C=O) groups excluding carboxylic acids is 1. The third-order valence-corrected chi connectivity index (χ3v) is 8.27. The molecule has 0 unspecified atom stereocenters. The van der Waals surface area contributed by atoms with E-state index in [2.05, 4.69) is 15.8 Å². The number of thiophene rings is 1. The van der Waals surface area contributed by atoms with Gasteiger partial charge in [0, 0.05) is 33.6 Å². The van der Waals surface area contributed by atoms with E-state index in [4.69, 9.17) is 0 Å². The van der Waals surface area contributed by atoms with Crippen molar-refractivity contribution in [2.45, 2.75) is 45.7 Å². The van der Waals surface area contributed by atoms with Crippen molar-refractivity contribution in [3.8, 4) is 5.00 Å². The highest BCUT2D eigenvalue weighted by atomic mass is 32.1. The van der Waals surface area contributed by atoms with E-state index < -0.39 is 22.4 Å². The molecule has 2 aromatic carbocycles. The summed E-state index contributed by atoms with van der Waals surface area (Å²) in [4.78, 5) is 25.3. The molecule has 41 heavy (non-hydrogen) atoms. The van der Waals surface area contributed by atoms with Gasteiger partial charge in [-0.15, -0.1) is 11.3 Å². The van der Waals surface area contributed by atoms with Gasteiger partial charge in [-0.1, -0.05) is 18.2 Å². The van der Waals surface area contributed by atoms with Gasteiger partial charge in [0.15, 0.2) is 0 Å². The van der Waals surface area contributed by atoms with Crippen LogP contribution in [0.4, 0.5) is 30.2 Å². The maximum atomic E-state index is 13.6. The van der Waals surface area contributed by atoms with Gasteiger partial charge in [-0.2, -0.15) is 18.3 Å². The second kappa shape index (κ2) is 11.2. The molecule has 0 aliphatic heterocycles. The Morgan fingerprint density at radius 3 is 2.54 bits per heavy atom. The number of hydrogen-bond donors (Lipinski definition) is 2. The van der Waals surface area contributed by atoms with Crippen LogP contribution in [-0.2, 0) is 19.0 Å². The van der Waals surface area contributed by atoms with E-state index in [0.717, 1.165) is 59.8 Å². The molecule has 0 saturated carbocycles. The zero-order valence-corrected chi connectivity index (χ0v) is 23.0. The minimum absolute atomic E-state index is 0.168. The summed E-state index contributed by atoms with van der Waals surface area (Å²) in [6, 6.07) is 13.4. The minimum Gasteiger partial charge on any atom is -0.322 e. The number of para-hydroxylation sites is 1. The molecule has 0 fully saturated rings. The lowest BCUT2D eigenvalue weighted by Gasteiger charge is -2.14. The lowest BCUT2D eigenvalue weighted by atomic mass is 9.95. The second-order valence-corrected chi connectivity index (χ2v) is 10.8. The van der Waals surface area contributed by atoms with Crippen LogP contribution in [0.1, 0.15) is 56.2 Å². The Morgan fingerprint density at radius 1 is 1.10 bits per heavy atom. The molecule has 212 valence electrons. The van der Waals surface area contributed by atoms with Gasteiger partial charge in [-0.25, -0.2) is 0 Å². The first-order valence-corrected chi connectivity index (χ1v) is 13.7. The van der Waals surface area contributed by atoms with Gasteiger partial charge in [-0.3, -0.25) is 20.3 Å². The van der Waals surface area contributed by atoms with Gasteiger partial charge in [0.25, 0.3) is 11.6 Å².